The van der Waals surface area contributed by atoms with Crippen LogP contribution in [0.25, 0.3) is 33.1 Å². The van der Waals surface area contributed by atoms with Crippen LogP contribution in [0.3, 0.4) is 0 Å². The second-order valence-corrected chi connectivity index (χ2v) is 9.62. The number of hydrogen-bond donors (Lipinski definition) is 1. The Balaban J connectivity index is 1.42. The smallest absolute Gasteiger partial charge is 0.336 e. The number of aromatic carboxylic acids is 1. The molecule has 3 aromatic heterocycles. The summed E-state index contributed by atoms with van der Waals surface area (Å²) in [5.41, 5.74) is 3.40. The first-order valence-corrected chi connectivity index (χ1v) is 11.3. The summed E-state index contributed by atoms with van der Waals surface area (Å²) in [6.07, 6.45) is 0. The largest absolute Gasteiger partial charge is 0.478 e. The van der Waals surface area contributed by atoms with Gasteiger partial charge in [-0.2, -0.15) is 4.80 Å². The molecule has 0 aliphatic rings. The predicted molar refractivity (Wildman–Crippen MR) is 125 cm³/mol. The van der Waals surface area contributed by atoms with Crippen molar-refractivity contribution in [3.8, 4) is 22.2 Å². The number of thiazole rings is 1. The lowest BCUT2D eigenvalue weighted by molar-refractivity contribution is 0.0695. The van der Waals surface area contributed by atoms with Crippen LogP contribution < -0.4 is 0 Å². The lowest BCUT2D eigenvalue weighted by Gasteiger charge is -2.13. The van der Waals surface area contributed by atoms with Gasteiger partial charge in [0.05, 0.1) is 17.8 Å². The van der Waals surface area contributed by atoms with Gasteiger partial charge in [-0.25, -0.2) is 9.78 Å². The summed E-state index contributed by atoms with van der Waals surface area (Å²) in [5.74, 6) is 0.197. The van der Waals surface area contributed by atoms with Crippen molar-refractivity contribution in [2.24, 2.45) is 0 Å². The minimum absolute atomic E-state index is 0.0175. The molecule has 5 aromatic rings. The van der Waals surface area contributed by atoms with Crippen LogP contribution in [-0.2, 0) is 12.0 Å². The Morgan fingerprint density at radius 2 is 1.97 bits per heavy atom. The van der Waals surface area contributed by atoms with Crippen LogP contribution in [0, 0.1) is 0 Å². The van der Waals surface area contributed by atoms with Crippen LogP contribution in [0.2, 0.25) is 0 Å². The lowest BCUT2D eigenvalue weighted by Crippen LogP contribution is -2.11. The molecule has 0 aliphatic heterocycles. The zero-order valence-corrected chi connectivity index (χ0v) is 19.1. The molecule has 1 N–H and O–H groups in total. The van der Waals surface area contributed by atoms with Gasteiger partial charge in [0.15, 0.2) is 10.8 Å². The number of carbonyl (C=O) groups is 1. The van der Waals surface area contributed by atoms with Crippen molar-refractivity contribution in [3.05, 3.63) is 70.7 Å². The SMILES string of the molecule is CC(C)(C)c1csc(-c2cc3cc(-c4nnn(Cc5ccccc5C(=O)O)n4)ccc3o2)n1. The first-order valence-electron chi connectivity index (χ1n) is 10.4. The summed E-state index contributed by atoms with van der Waals surface area (Å²) < 4.78 is 6.02. The Kier molecular flexibility index (Phi) is 5.05. The van der Waals surface area contributed by atoms with Crippen molar-refractivity contribution in [2.75, 3.05) is 0 Å². The van der Waals surface area contributed by atoms with E-state index in [0.717, 1.165) is 33.0 Å². The number of rotatable bonds is 5. The monoisotopic (exact) mass is 459 g/mol. The van der Waals surface area contributed by atoms with Crippen LogP contribution in [0.5, 0.6) is 0 Å². The van der Waals surface area contributed by atoms with E-state index in [1.807, 2.05) is 24.3 Å². The van der Waals surface area contributed by atoms with Gasteiger partial charge in [0, 0.05) is 21.7 Å². The third kappa shape index (κ3) is 4.14. The van der Waals surface area contributed by atoms with Gasteiger partial charge >= 0.3 is 5.97 Å². The molecule has 0 fully saturated rings. The van der Waals surface area contributed by atoms with E-state index in [9.17, 15) is 9.90 Å². The van der Waals surface area contributed by atoms with E-state index in [-0.39, 0.29) is 17.5 Å². The molecule has 2 aromatic carbocycles. The highest BCUT2D eigenvalue weighted by molar-refractivity contribution is 7.13. The van der Waals surface area contributed by atoms with Crippen LogP contribution in [0.4, 0.5) is 0 Å². The van der Waals surface area contributed by atoms with E-state index >= 15 is 0 Å². The molecular formula is C24H21N5O3S. The molecule has 0 unspecified atom stereocenters. The van der Waals surface area contributed by atoms with Gasteiger partial charge in [-0.1, -0.05) is 39.0 Å². The van der Waals surface area contributed by atoms with E-state index in [1.54, 1.807) is 35.6 Å². The zero-order valence-electron chi connectivity index (χ0n) is 18.3. The van der Waals surface area contributed by atoms with Gasteiger partial charge in [0.25, 0.3) is 0 Å². The summed E-state index contributed by atoms with van der Waals surface area (Å²) in [5, 5.41) is 25.9. The number of benzene rings is 2. The fourth-order valence-electron chi connectivity index (χ4n) is 3.46. The number of tetrazole rings is 1. The molecule has 0 spiro atoms. The molecule has 9 heteroatoms. The van der Waals surface area contributed by atoms with Gasteiger partial charge in [0.1, 0.15) is 5.58 Å². The average molecular weight is 460 g/mol. The van der Waals surface area contributed by atoms with Crippen molar-refractivity contribution >= 4 is 28.3 Å². The molecular weight excluding hydrogens is 438 g/mol. The average Bonchev–Trinajstić information content (AvgIpc) is 3.51. The number of nitrogens with zero attached hydrogens (tertiary/aromatic N) is 5. The maximum absolute atomic E-state index is 11.4. The molecule has 0 aliphatic carbocycles. The highest BCUT2D eigenvalue weighted by atomic mass is 32.1. The standard InChI is InChI=1S/C24H21N5O3S/c1-24(2,3)20-13-33-22(25-20)19-11-16-10-14(8-9-18(16)32-19)21-26-28-29(27-21)12-15-6-4-5-7-17(15)23(30)31/h4-11,13H,12H2,1-3H3,(H,30,31). The fourth-order valence-corrected chi connectivity index (χ4v) is 4.46. The summed E-state index contributed by atoms with van der Waals surface area (Å²) in [4.78, 5) is 17.6. The summed E-state index contributed by atoms with van der Waals surface area (Å²) >= 11 is 1.57. The zero-order chi connectivity index (χ0) is 23.2. The molecule has 0 saturated carbocycles. The second kappa shape index (κ2) is 7.93. The van der Waals surface area contributed by atoms with E-state index < -0.39 is 5.97 Å². The maximum Gasteiger partial charge on any atom is 0.336 e. The molecule has 8 nitrogen and oxygen atoms in total. The van der Waals surface area contributed by atoms with E-state index in [4.69, 9.17) is 9.40 Å². The molecule has 0 bridgehead atoms. The Bertz CT molecular complexity index is 1470. The Hall–Kier alpha value is -3.85. The van der Waals surface area contributed by atoms with E-state index in [1.165, 1.54) is 4.80 Å². The Labute approximate surface area is 193 Å². The number of fused-ring (bicyclic) bond motifs is 1. The van der Waals surface area contributed by atoms with Gasteiger partial charge in [-0.15, -0.1) is 21.5 Å². The molecule has 0 saturated heterocycles. The third-order valence-corrected chi connectivity index (χ3v) is 6.13. The van der Waals surface area contributed by atoms with E-state index in [2.05, 4.69) is 41.6 Å². The highest BCUT2D eigenvalue weighted by Crippen LogP contribution is 2.34. The number of furan rings is 1. The molecule has 0 amide bonds. The Morgan fingerprint density at radius 1 is 1.15 bits per heavy atom. The summed E-state index contributed by atoms with van der Waals surface area (Å²) in [6.45, 7) is 6.62. The Morgan fingerprint density at radius 3 is 2.73 bits per heavy atom. The van der Waals surface area contributed by atoms with Crippen LogP contribution in [0.1, 0.15) is 42.4 Å². The molecule has 3 heterocycles. The molecule has 0 atom stereocenters. The summed E-state index contributed by atoms with van der Waals surface area (Å²) in [7, 11) is 0. The third-order valence-electron chi connectivity index (χ3n) is 5.27. The summed E-state index contributed by atoms with van der Waals surface area (Å²) in [6, 6.07) is 14.5. The van der Waals surface area contributed by atoms with Crippen molar-refractivity contribution in [1.29, 1.82) is 0 Å². The quantitative estimate of drug-likeness (QED) is 0.382. The first kappa shape index (κ1) is 21.0. The van der Waals surface area contributed by atoms with Crippen LogP contribution >= 0.6 is 11.3 Å². The number of carboxylic acid groups (broad SMARTS) is 1. The van der Waals surface area contributed by atoms with Crippen molar-refractivity contribution < 1.29 is 14.3 Å². The second-order valence-electron chi connectivity index (χ2n) is 8.76. The number of carboxylic acids is 1. The molecule has 166 valence electrons. The number of hydrogen-bond acceptors (Lipinski definition) is 7. The molecule has 0 radical (unpaired) electrons. The van der Waals surface area contributed by atoms with E-state index in [0.29, 0.717) is 11.4 Å². The lowest BCUT2D eigenvalue weighted by atomic mass is 9.93. The fraction of sp³-hybridized carbons (Fsp3) is 0.208. The van der Waals surface area contributed by atoms with Crippen molar-refractivity contribution in [3.63, 3.8) is 0 Å². The first-order chi connectivity index (χ1) is 15.8. The van der Waals surface area contributed by atoms with Gasteiger partial charge in [-0.3, -0.25) is 0 Å². The minimum atomic E-state index is -0.984. The maximum atomic E-state index is 11.4. The predicted octanol–water partition coefficient (Wildman–Crippen LogP) is 5.25. The number of aromatic nitrogens is 5. The normalized spacial score (nSPS) is 11.8. The highest BCUT2D eigenvalue weighted by Gasteiger charge is 2.20. The molecule has 33 heavy (non-hydrogen) atoms. The van der Waals surface area contributed by atoms with Crippen molar-refractivity contribution in [1.82, 2.24) is 25.2 Å². The van der Waals surface area contributed by atoms with Crippen LogP contribution in [0.15, 0.2) is 58.3 Å². The van der Waals surface area contributed by atoms with Crippen molar-refractivity contribution in [2.45, 2.75) is 32.7 Å². The van der Waals surface area contributed by atoms with Crippen LogP contribution in [-0.4, -0.2) is 36.3 Å². The van der Waals surface area contributed by atoms with Gasteiger partial charge < -0.3 is 9.52 Å². The topological polar surface area (TPSA) is 107 Å². The van der Waals surface area contributed by atoms with Gasteiger partial charge in [0.2, 0.25) is 5.82 Å². The molecule has 5 rings (SSSR count). The van der Waals surface area contributed by atoms with Gasteiger partial charge in [-0.05, 0) is 41.1 Å². The minimum Gasteiger partial charge on any atom is -0.478 e.